The van der Waals surface area contributed by atoms with E-state index in [0.29, 0.717) is 23.7 Å². The van der Waals surface area contributed by atoms with Crippen LogP contribution in [0.3, 0.4) is 0 Å². The number of nitrogens with zero attached hydrogens (tertiary/aromatic N) is 1. The predicted molar refractivity (Wildman–Crippen MR) is 107 cm³/mol. The Morgan fingerprint density at radius 1 is 1.14 bits per heavy atom. The van der Waals surface area contributed by atoms with Crippen molar-refractivity contribution in [1.82, 2.24) is 4.90 Å². The van der Waals surface area contributed by atoms with Gasteiger partial charge in [0.15, 0.2) is 11.5 Å². The maximum atomic E-state index is 12.6. The minimum atomic E-state index is -0.292. The molecule has 2 aromatic rings. The van der Waals surface area contributed by atoms with Gasteiger partial charge in [0.05, 0.1) is 11.3 Å². The van der Waals surface area contributed by atoms with Gasteiger partial charge < -0.3 is 29.2 Å². The van der Waals surface area contributed by atoms with E-state index in [9.17, 15) is 4.79 Å². The van der Waals surface area contributed by atoms with Crippen molar-refractivity contribution in [3.05, 3.63) is 58.8 Å². The van der Waals surface area contributed by atoms with Crippen LogP contribution in [0.4, 0.5) is 5.69 Å². The Kier molecular flexibility index (Phi) is 4.32. The number of esters is 1. The average molecular weight is 394 g/mol. The van der Waals surface area contributed by atoms with Gasteiger partial charge >= 0.3 is 5.97 Å². The summed E-state index contributed by atoms with van der Waals surface area (Å²) in [7, 11) is 4.02. The Balaban J connectivity index is 1.55. The maximum absolute atomic E-state index is 12.6. The molecule has 29 heavy (non-hydrogen) atoms. The molecule has 0 amide bonds. The SMILES string of the molecule is CN(C)CCOc1cccc(C2C3=C(COC3=O)Nc3cc4c(cc32)OCO4)c1. The zero-order valence-corrected chi connectivity index (χ0v) is 16.4. The Morgan fingerprint density at radius 3 is 2.79 bits per heavy atom. The lowest BCUT2D eigenvalue weighted by molar-refractivity contribution is -0.136. The van der Waals surface area contributed by atoms with Crippen LogP contribution in [0.5, 0.6) is 17.2 Å². The highest BCUT2D eigenvalue weighted by Gasteiger charge is 2.39. The number of nitrogens with one attached hydrogen (secondary N) is 1. The second-order valence-electron chi connectivity index (χ2n) is 7.54. The van der Waals surface area contributed by atoms with E-state index >= 15 is 0 Å². The van der Waals surface area contributed by atoms with E-state index in [0.717, 1.165) is 34.8 Å². The molecule has 2 aromatic carbocycles. The fraction of sp³-hybridized carbons (Fsp3) is 0.318. The number of benzene rings is 2. The van der Waals surface area contributed by atoms with E-state index in [1.807, 2.05) is 50.5 Å². The van der Waals surface area contributed by atoms with Crippen LogP contribution in [-0.2, 0) is 9.53 Å². The summed E-state index contributed by atoms with van der Waals surface area (Å²) in [6, 6.07) is 11.8. The van der Waals surface area contributed by atoms with Crippen LogP contribution >= 0.6 is 0 Å². The summed E-state index contributed by atoms with van der Waals surface area (Å²) in [5.41, 5.74) is 4.26. The molecular weight excluding hydrogens is 372 g/mol. The highest BCUT2D eigenvalue weighted by molar-refractivity contribution is 5.97. The smallest absolute Gasteiger partial charge is 0.337 e. The number of cyclic esters (lactones) is 1. The molecule has 0 bridgehead atoms. The molecule has 1 unspecified atom stereocenters. The van der Waals surface area contributed by atoms with Gasteiger partial charge in [-0.1, -0.05) is 12.1 Å². The summed E-state index contributed by atoms with van der Waals surface area (Å²) >= 11 is 0. The third-order valence-electron chi connectivity index (χ3n) is 5.32. The van der Waals surface area contributed by atoms with Crippen molar-refractivity contribution in [2.75, 3.05) is 46.0 Å². The number of carbonyl (C=O) groups excluding carboxylic acids is 1. The first-order valence-electron chi connectivity index (χ1n) is 9.58. The molecule has 0 fully saturated rings. The summed E-state index contributed by atoms with van der Waals surface area (Å²) < 4.78 is 22.3. The molecule has 0 radical (unpaired) electrons. The van der Waals surface area contributed by atoms with Crippen molar-refractivity contribution < 1.29 is 23.7 Å². The Hall–Kier alpha value is -3.19. The zero-order valence-electron chi connectivity index (χ0n) is 16.4. The topological polar surface area (TPSA) is 69.3 Å². The van der Waals surface area contributed by atoms with E-state index in [1.54, 1.807) is 0 Å². The van der Waals surface area contributed by atoms with Crippen LogP contribution in [0.2, 0.25) is 0 Å². The lowest BCUT2D eigenvalue weighted by Gasteiger charge is -2.27. The molecule has 0 aliphatic carbocycles. The van der Waals surface area contributed by atoms with Crippen LogP contribution in [-0.4, -0.2) is 51.5 Å². The largest absolute Gasteiger partial charge is 0.492 e. The monoisotopic (exact) mass is 394 g/mol. The third kappa shape index (κ3) is 3.17. The van der Waals surface area contributed by atoms with Gasteiger partial charge in [-0.05, 0) is 43.4 Å². The number of likely N-dealkylation sites (N-methyl/N-ethyl adjacent to an activating group) is 1. The molecule has 1 atom stereocenters. The number of anilines is 1. The van der Waals surface area contributed by atoms with E-state index in [1.165, 1.54) is 0 Å². The van der Waals surface area contributed by atoms with E-state index in [-0.39, 0.29) is 25.3 Å². The fourth-order valence-corrected chi connectivity index (χ4v) is 3.91. The number of carbonyl (C=O) groups is 1. The summed E-state index contributed by atoms with van der Waals surface area (Å²) in [5.74, 6) is 1.61. The van der Waals surface area contributed by atoms with E-state index in [4.69, 9.17) is 18.9 Å². The summed E-state index contributed by atoms with van der Waals surface area (Å²) in [6.45, 7) is 1.87. The van der Waals surface area contributed by atoms with Crippen molar-refractivity contribution in [1.29, 1.82) is 0 Å². The summed E-state index contributed by atoms with van der Waals surface area (Å²) in [6.07, 6.45) is 0. The van der Waals surface area contributed by atoms with Crippen molar-refractivity contribution in [3.63, 3.8) is 0 Å². The van der Waals surface area contributed by atoms with Crippen LogP contribution in [0.1, 0.15) is 17.0 Å². The maximum Gasteiger partial charge on any atom is 0.337 e. The molecule has 150 valence electrons. The first-order valence-corrected chi connectivity index (χ1v) is 9.58. The minimum absolute atomic E-state index is 0.202. The number of hydrogen-bond donors (Lipinski definition) is 1. The number of ether oxygens (including phenoxy) is 4. The number of hydrogen-bond acceptors (Lipinski definition) is 7. The van der Waals surface area contributed by atoms with E-state index in [2.05, 4.69) is 10.2 Å². The standard InChI is InChI=1S/C22H22N2O5/c1-24(2)6-7-26-14-5-3-4-13(8-14)20-15-9-18-19(29-12-28-18)10-16(15)23-17-11-27-22(25)21(17)20/h3-5,8-10,20,23H,6-7,11-12H2,1-2H3. The second kappa shape index (κ2) is 7.00. The molecule has 3 heterocycles. The number of fused-ring (bicyclic) bond motifs is 2. The molecular formula is C22H22N2O5. The summed E-state index contributed by atoms with van der Waals surface area (Å²) in [4.78, 5) is 14.6. The number of rotatable bonds is 5. The van der Waals surface area contributed by atoms with Crippen LogP contribution in [0, 0.1) is 0 Å². The van der Waals surface area contributed by atoms with Gasteiger partial charge in [0.1, 0.15) is 19.0 Å². The van der Waals surface area contributed by atoms with E-state index < -0.39 is 0 Å². The Labute approximate surface area is 168 Å². The molecule has 5 rings (SSSR count). The Morgan fingerprint density at radius 2 is 1.97 bits per heavy atom. The molecule has 1 N–H and O–H groups in total. The first-order chi connectivity index (χ1) is 14.1. The molecule has 0 saturated carbocycles. The van der Waals surface area contributed by atoms with Gasteiger partial charge in [0.25, 0.3) is 0 Å². The van der Waals surface area contributed by atoms with Crippen LogP contribution in [0.25, 0.3) is 0 Å². The third-order valence-corrected chi connectivity index (χ3v) is 5.32. The molecule has 0 spiro atoms. The molecule has 3 aliphatic rings. The zero-order chi connectivity index (χ0) is 20.0. The normalized spacial score (nSPS) is 19.0. The van der Waals surface area contributed by atoms with Crippen molar-refractivity contribution in [3.8, 4) is 17.2 Å². The van der Waals surface area contributed by atoms with Gasteiger partial charge in [0, 0.05) is 24.2 Å². The molecule has 7 nitrogen and oxygen atoms in total. The highest BCUT2D eigenvalue weighted by Crippen LogP contribution is 2.49. The predicted octanol–water partition coefficient (Wildman–Crippen LogP) is 2.72. The average Bonchev–Trinajstić information content (AvgIpc) is 3.31. The second-order valence-corrected chi connectivity index (χ2v) is 7.54. The minimum Gasteiger partial charge on any atom is -0.492 e. The lowest BCUT2D eigenvalue weighted by Crippen LogP contribution is -2.20. The lowest BCUT2D eigenvalue weighted by atomic mass is 9.81. The van der Waals surface area contributed by atoms with Crippen molar-refractivity contribution in [2.45, 2.75) is 5.92 Å². The summed E-state index contributed by atoms with van der Waals surface area (Å²) in [5, 5.41) is 3.34. The van der Waals surface area contributed by atoms with Gasteiger partial charge in [-0.3, -0.25) is 0 Å². The quantitative estimate of drug-likeness (QED) is 0.782. The molecule has 0 aromatic heterocycles. The van der Waals surface area contributed by atoms with Gasteiger partial charge in [-0.25, -0.2) is 4.79 Å². The molecule has 7 heteroatoms. The molecule has 3 aliphatic heterocycles. The van der Waals surface area contributed by atoms with Gasteiger partial charge in [-0.15, -0.1) is 0 Å². The molecule has 0 saturated heterocycles. The van der Waals surface area contributed by atoms with Gasteiger partial charge in [0.2, 0.25) is 6.79 Å². The van der Waals surface area contributed by atoms with Gasteiger partial charge in [-0.2, -0.15) is 0 Å². The van der Waals surface area contributed by atoms with Crippen LogP contribution in [0.15, 0.2) is 47.7 Å². The van der Waals surface area contributed by atoms with Crippen molar-refractivity contribution in [2.24, 2.45) is 0 Å². The fourth-order valence-electron chi connectivity index (χ4n) is 3.91. The first kappa shape index (κ1) is 17.9. The Bertz CT molecular complexity index is 1010. The highest BCUT2D eigenvalue weighted by atomic mass is 16.7. The van der Waals surface area contributed by atoms with Crippen LogP contribution < -0.4 is 19.5 Å². The van der Waals surface area contributed by atoms with Crippen molar-refractivity contribution >= 4 is 11.7 Å².